The van der Waals surface area contributed by atoms with Gasteiger partial charge in [-0.15, -0.1) is 0 Å². The Morgan fingerprint density at radius 2 is 2.23 bits per heavy atom. The van der Waals surface area contributed by atoms with Gasteiger partial charge in [-0.3, -0.25) is 4.79 Å². The lowest BCUT2D eigenvalue weighted by Crippen LogP contribution is -2.43. The van der Waals surface area contributed by atoms with Crippen molar-refractivity contribution in [2.45, 2.75) is 38.4 Å². The number of hydrogen-bond acceptors (Lipinski definition) is 3. The number of rotatable bonds is 0. The second-order valence-electron chi connectivity index (χ2n) is 4.89. The highest BCUT2D eigenvalue weighted by Crippen LogP contribution is 2.60. The summed E-state index contributed by atoms with van der Waals surface area (Å²) in [6, 6.07) is 0. The van der Waals surface area contributed by atoms with Gasteiger partial charge in [0.1, 0.15) is 5.41 Å². The standard InChI is InChI=1S/C10H14O3/c1-9-4-3-7(13-9)10(2)6(9)5-12-8(10)11/h6-7H,3-5H2,1-2H3/t6-,7-,9-,10+/m1/s1. The largest absolute Gasteiger partial charge is 0.465 e. The van der Waals surface area contributed by atoms with Gasteiger partial charge in [-0.05, 0) is 26.7 Å². The highest BCUT2D eigenvalue weighted by molar-refractivity contribution is 5.80. The quantitative estimate of drug-likeness (QED) is 0.526. The smallest absolute Gasteiger partial charge is 0.314 e. The van der Waals surface area contributed by atoms with E-state index < -0.39 is 0 Å². The third-order valence-corrected chi connectivity index (χ3v) is 4.27. The zero-order valence-electron chi connectivity index (χ0n) is 8.00. The summed E-state index contributed by atoms with van der Waals surface area (Å²) in [5.41, 5.74) is -0.432. The molecule has 3 aliphatic rings. The molecule has 3 heteroatoms. The van der Waals surface area contributed by atoms with Crippen LogP contribution in [0.2, 0.25) is 0 Å². The van der Waals surface area contributed by atoms with E-state index in [1.165, 1.54) is 0 Å². The molecule has 3 heterocycles. The van der Waals surface area contributed by atoms with Gasteiger partial charge in [0, 0.05) is 5.92 Å². The highest BCUT2D eigenvalue weighted by Gasteiger charge is 2.70. The summed E-state index contributed by atoms with van der Waals surface area (Å²) in [4.78, 5) is 11.6. The Labute approximate surface area is 77.4 Å². The number of cyclic esters (lactones) is 1. The Hall–Kier alpha value is -0.570. The van der Waals surface area contributed by atoms with Gasteiger partial charge in [-0.1, -0.05) is 0 Å². The van der Waals surface area contributed by atoms with Crippen LogP contribution in [0, 0.1) is 11.3 Å². The molecule has 0 aromatic rings. The zero-order valence-corrected chi connectivity index (χ0v) is 8.00. The van der Waals surface area contributed by atoms with Gasteiger partial charge in [-0.2, -0.15) is 0 Å². The maximum Gasteiger partial charge on any atom is 0.314 e. The van der Waals surface area contributed by atoms with Crippen molar-refractivity contribution in [2.24, 2.45) is 11.3 Å². The topological polar surface area (TPSA) is 35.5 Å². The van der Waals surface area contributed by atoms with Crippen LogP contribution >= 0.6 is 0 Å². The first-order valence-corrected chi connectivity index (χ1v) is 4.92. The summed E-state index contributed by atoms with van der Waals surface area (Å²) in [6.07, 6.45) is 2.20. The molecule has 0 amide bonds. The summed E-state index contributed by atoms with van der Waals surface area (Å²) in [7, 11) is 0. The number of ether oxygens (including phenoxy) is 2. The van der Waals surface area contributed by atoms with Crippen molar-refractivity contribution in [3.05, 3.63) is 0 Å². The van der Waals surface area contributed by atoms with E-state index in [4.69, 9.17) is 9.47 Å². The molecular weight excluding hydrogens is 168 g/mol. The number of carbonyl (C=O) groups is 1. The van der Waals surface area contributed by atoms with Crippen LogP contribution in [-0.2, 0) is 14.3 Å². The predicted octanol–water partition coefficient (Wildman–Crippen LogP) is 1.12. The molecule has 3 fully saturated rings. The summed E-state index contributed by atoms with van der Waals surface area (Å²) in [6.45, 7) is 4.68. The maximum absolute atomic E-state index is 11.6. The van der Waals surface area contributed by atoms with Crippen molar-refractivity contribution in [1.29, 1.82) is 0 Å². The average molecular weight is 182 g/mol. The van der Waals surface area contributed by atoms with Crippen LogP contribution in [0.15, 0.2) is 0 Å². The first kappa shape index (κ1) is 7.80. The molecule has 0 unspecified atom stereocenters. The number of fused-ring (bicyclic) bond motifs is 5. The van der Waals surface area contributed by atoms with Crippen molar-refractivity contribution in [3.8, 4) is 0 Å². The summed E-state index contributed by atoms with van der Waals surface area (Å²) >= 11 is 0. The SMILES string of the molecule is C[C@]12C(=O)OC[C@@H]1[C@@]1(C)CC[C@H]2O1. The summed E-state index contributed by atoms with van der Waals surface area (Å²) in [5, 5.41) is 0. The molecule has 3 nitrogen and oxygen atoms in total. The second kappa shape index (κ2) is 1.92. The Balaban J connectivity index is 2.10. The molecule has 0 radical (unpaired) electrons. The van der Waals surface area contributed by atoms with E-state index in [9.17, 15) is 4.79 Å². The molecule has 3 rings (SSSR count). The fraction of sp³-hybridized carbons (Fsp3) is 0.900. The van der Waals surface area contributed by atoms with Crippen LogP contribution in [0.3, 0.4) is 0 Å². The van der Waals surface area contributed by atoms with E-state index in [0.29, 0.717) is 6.61 Å². The number of carbonyl (C=O) groups excluding carboxylic acids is 1. The van der Waals surface area contributed by atoms with Crippen LogP contribution in [0.25, 0.3) is 0 Å². The fourth-order valence-corrected chi connectivity index (χ4v) is 3.34. The fourth-order valence-electron chi connectivity index (χ4n) is 3.34. The van der Waals surface area contributed by atoms with E-state index in [-0.39, 0.29) is 29.0 Å². The van der Waals surface area contributed by atoms with Gasteiger partial charge in [-0.25, -0.2) is 0 Å². The molecule has 0 spiro atoms. The Morgan fingerprint density at radius 3 is 2.92 bits per heavy atom. The minimum atomic E-state index is -0.340. The molecule has 0 aliphatic carbocycles. The first-order valence-electron chi connectivity index (χ1n) is 4.92. The van der Waals surface area contributed by atoms with E-state index in [1.807, 2.05) is 6.92 Å². The molecule has 0 aromatic carbocycles. The van der Waals surface area contributed by atoms with Gasteiger partial charge < -0.3 is 9.47 Å². The lowest BCUT2D eigenvalue weighted by Gasteiger charge is -2.31. The molecule has 0 N–H and O–H groups in total. The van der Waals surface area contributed by atoms with Crippen LogP contribution in [0.5, 0.6) is 0 Å². The monoisotopic (exact) mass is 182 g/mol. The molecule has 0 aromatic heterocycles. The van der Waals surface area contributed by atoms with Crippen molar-refractivity contribution in [3.63, 3.8) is 0 Å². The Bertz CT molecular complexity index is 288. The van der Waals surface area contributed by atoms with E-state index in [2.05, 4.69) is 6.92 Å². The van der Waals surface area contributed by atoms with Crippen LogP contribution in [-0.4, -0.2) is 24.3 Å². The molecule has 4 atom stereocenters. The van der Waals surface area contributed by atoms with E-state index in [0.717, 1.165) is 12.8 Å². The zero-order chi connectivity index (χ0) is 9.27. The molecule has 2 bridgehead atoms. The molecule has 13 heavy (non-hydrogen) atoms. The summed E-state index contributed by atoms with van der Waals surface area (Å²) in [5.74, 6) is 0.233. The van der Waals surface area contributed by atoms with E-state index in [1.54, 1.807) is 0 Å². The van der Waals surface area contributed by atoms with Gasteiger partial charge in [0.25, 0.3) is 0 Å². The number of esters is 1. The second-order valence-corrected chi connectivity index (χ2v) is 4.89. The highest BCUT2D eigenvalue weighted by atomic mass is 16.6. The van der Waals surface area contributed by atoms with Crippen molar-refractivity contribution < 1.29 is 14.3 Å². The van der Waals surface area contributed by atoms with Gasteiger partial charge in [0.15, 0.2) is 0 Å². The van der Waals surface area contributed by atoms with Crippen LogP contribution in [0.4, 0.5) is 0 Å². The van der Waals surface area contributed by atoms with Crippen LogP contribution in [0.1, 0.15) is 26.7 Å². The van der Waals surface area contributed by atoms with Gasteiger partial charge in [0.05, 0.1) is 18.3 Å². The van der Waals surface area contributed by atoms with Crippen molar-refractivity contribution >= 4 is 5.97 Å². The molecule has 72 valence electrons. The molecule has 3 saturated heterocycles. The average Bonchev–Trinajstić information content (AvgIpc) is 2.63. The summed E-state index contributed by atoms with van der Waals surface area (Å²) < 4.78 is 11.0. The Kier molecular flexibility index (Phi) is 1.15. The van der Waals surface area contributed by atoms with Crippen molar-refractivity contribution in [2.75, 3.05) is 6.61 Å². The predicted molar refractivity (Wildman–Crippen MR) is 45.1 cm³/mol. The van der Waals surface area contributed by atoms with Crippen LogP contribution < -0.4 is 0 Å². The van der Waals surface area contributed by atoms with E-state index >= 15 is 0 Å². The lowest BCUT2D eigenvalue weighted by molar-refractivity contribution is -0.149. The molecular formula is C10H14O3. The lowest BCUT2D eigenvalue weighted by atomic mass is 9.65. The number of hydrogen-bond donors (Lipinski definition) is 0. The normalized spacial score (nSPS) is 58.2. The maximum atomic E-state index is 11.6. The Morgan fingerprint density at radius 1 is 1.46 bits per heavy atom. The molecule has 3 aliphatic heterocycles. The third-order valence-electron chi connectivity index (χ3n) is 4.27. The minimum Gasteiger partial charge on any atom is -0.465 e. The minimum absolute atomic E-state index is 0.0501. The molecule has 0 saturated carbocycles. The first-order chi connectivity index (χ1) is 6.07. The third kappa shape index (κ3) is 0.654. The van der Waals surface area contributed by atoms with Crippen molar-refractivity contribution in [1.82, 2.24) is 0 Å². The van der Waals surface area contributed by atoms with Gasteiger partial charge >= 0.3 is 5.97 Å². The van der Waals surface area contributed by atoms with Gasteiger partial charge in [0.2, 0.25) is 0 Å².